The van der Waals surface area contributed by atoms with Crippen molar-refractivity contribution in [1.29, 1.82) is 0 Å². The Hall–Kier alpha value is -1.03. The van der Waals surface area contributed by atoms with Crippen LogP contribution in [-0.4, -0.2) is 17.2 Å². The molecule has 0 fully saturated rings. The first kappa shape index (κ1) is 12.0. The first-order valence-corrected chi connectivity index (χ1v) is 5.49. The monoisotopic (exact) mass is 272 g/mol. The third-order valence-electron chi connectivity index (χ3n) is 2.05. The summed E-state index contributed by atoms with van der Waals surface area (Å²) in [6.45, 7) is 3.71. The van der Waals surface area contributed by atoms with Crippen LogP contribution in [0.2, 0.25) is 0 Å². The number of benzene rings is 1. The summed E-state index contributed by atoms with van der Waals surface area (Å²) in [7, 11) is 0. The summed E-state index contributed by atoms with van der Waals surface area (Å²) in [4.78, 5) is 10.8. The second-order valence-electron chi connectivity index (χ2n) is 3.26. The molecule has 1 unspecified atom stereocenters. The summed E-state index contributed by atoms with van der Waals surface area (Å²) in [5.41, 5.74) is 1.02. The molecule has 15 heavy (non-hydrogen) atoms. The molecular formula is C11H13BrO3. The Kier molecular flexibility index (Phi) is 4.15. The molecule has 0 bridgehead atoms. The number of aliphatic carboxylic acids is 1. The number of halogens is 1. The Morgan fingerprint density at radius 2 is 2.27 bits per heavy atom. The van der Waals surface area contributed by atoms with E-state index < -0.39 is 12.1 Å². The minimum absolute atomic E-state index is 0.449. The van der Waals surface area contributed by atoms with Crippen LogP contribution < -0.4 is 4.74 Å². The van der Waals surface area contributed by atoms with Crippen LogP contribution in [0.25, 0.3) is 0 Å². The summed E-state index contributed by atoms with van der Waals surface area (Å²) >= 11 is 3.37. The van der Waals surface area contributed by atoms with E-state index in [2.05, 4.69) is 15.9 Å². The Morgan fingerprint density at radius 3 is 2.73 bits per heavy atom. The van der Waals surface area contributed by atoms with Gasteiger partial charge in [-0.1, -0.05) is 22.9 Å². The lowest BCUT2D eigenvalue weighted by atomic mass is 10.2. The van der Waals surface area contributed by atoms with Gasteiger partial charge in [-0.2, -0.15) is 0 Å². The minimum Gasteiger partial charge on any atom is -0.479 e. The zero-order valence-electron chi connectivity index (χ0n) is 8.66. The predicted octanol–water partition coefficient (Wildman–Crippen LogP) is 3.00. The summed E-state index contributed by atoms with van der Waals surface area (Å²) in [5, 5.41) is 8.82. The maximum absolute atomic E-state index is 10.8. The van der Waals surface area contributed by atoms with Gasteiger partial charge >= 0.3 is 5.97 Å². The van der Waals surface area contributed by atoms with Gasteiger partial charge in [-0.3, -0.25) is 0 Å². The van der Waals surface area contributed by atoms with Crippen LogP contribution >= 0.6 is 15.9 Å². The number of carboxylic acids is 1. The molecule has 0 aliphatic heterocycles. The van der Waals surface area contributed by atoms with Crippen molar-refractivity contribution in [3.05, 3.63) is 28.2 Å². The number of hydrogen-bond acceptors (Lipinski definition) is 2. The molecule has 0 aliphatic carbocycles. The van der Waals surface area contributed by atoms with Gasteiger partial charge in [0.05, 0.1) is 0 Å². The number of aryl methyl sites for hydroxylation is 1. The smallest absolute Gasteiger partial charge is 0.344 e. The fraction of sp³-hybridized carbons (Fsp3) is 0.364. The van der Waals surface area contributed by atoms with Gasteiger partial charge in [-0.25, -0.2) is 4.79 Å². The highest BCUT2D eigenvalue weighted by molar-refractivity contribution is 9.10. The van der Waals surface area contributed by atoms with Crippen LogP contribution in [0.3, 0.4) is 0 Å². The van der Waals surface area contributed by atoms with E-state index in [0.717, 1.165) is 10.0 Å². The van der Waals surface area contributed by atoms with Crippen LogP contribution in [0.1, 0.15) is 18.9 Å². The summed E-state index contributed by atoms with van der Waals surface area (Å²) < 4.78 is 6.32. The Balaban J connectivity index is 2.80. The molecule has 0 spiro atoms. The second kappa shape index (κ2) is 5.16. The van der Waals surface area contributed by atoms with Crippen LogP contribution in [0, 0.1) is 6.92 Å². The molecule has 1 aromatic rings. The van der Waals surface area contributed by atoms with E-state index in [1.165, 1.54) is 0 Å². The molecule has 4 heteroatoms. The molecule has 1 aromatic carbocycles. The van der Waals surface area contributed by atoms with E-state index in [-0.39, 0.29) is 0 Å². The summed E-state index contributed by atoms with van der Waals surface area (Å²) in [6, 6.07) is 5.41. The highest BCUT2D eigenvalue weighted by Gasteiger charge is 2.16. The van der Waals surface area contributed by atoms with Crippen molar-refractivity contribution in [1.82, 2.24) is 0 Å². The SMILES string of the molecule is CCC(Oc1ccc(Br)c(C)c1)C(=O)O. The molecule has 1 atom stereocenters. The molecule has 0 aliphatic rings. The minimum atomic E-state index is -0.932. The molecule has 82 valence electrons. The van der Waals surface area contributed by atoms with Gasteiger partial charge in [-0.05, 0) is 37.1 Å². The second-order valence-corrected chi connectivity index (χ2v) is 4.12. The molecule has 1 N–H and O–H groups in total. The first-order valence-electron chi connectivity index (χ1n) is 4.70. The van der Waals surface area contributed by atoms with Crippen LogP contribution in [0.5, 0.6) is 5.75 Å². The maximum atomic E-state index is 10.8. The average Bonchev–Trinajstić information content (AvgIpc) is 2.19. The van der Waals surface area contributed by atoms with E-state index in [4.69, 9.17) is 9.84 Å². The van der Waals surface area contributed by atoms with Crippen molar-refractivity contribution in [2.24, 2.45) is 0 Å². The Bertz CT molecular complexity index is 363. The lowest BCUT2D eigenvalue weighted by Crippen LogP contribution is -2.25. The van der Waals surface area contributed by atoms with E-state index in [0.29, 0.717) is 12.2 Å². The van der Waals surface area contributed by atoms with Gasteiger partial charge in [0.1, 0.15) is 5.75 Å². The molecule has 3 nitrogen and oxygen atoms in total. The normalized spacial score (nSPS) is 12.2. The van der Waals surface area contributed by atoms with Crippen molar-refractivity contribution < 1.29 is 14.6 Å². The standard InChI is InChI=1S/C11H13BrO3/c1-3-10(11(13)14)15-8-4-5-9(12)7(2)6-8/h4-6,10H,3H2,1-2H3,(H,13,14). The molecule has 0 amide bonds. The predicted molar refractivity (Wildman–Crippen MR) is 61.2 cm³/mol. The number of hydrogen-bond donors (Lipinski definition) is 1. The third kappa shape index (κ3) is 3.23. The van der Waals surface area contributed by atoms with Crippen LogP contribution in [-0.2, 0) is 4.79 Å². The molecule has 1 rings (SSSR count). The fourth-order valence-corrected chi connectivity index (χ4v) is 1.41. The van der Waals surface area contributed by atoms with E-state index in [1.54, 1.807) is 13.0 Å². The quantitative estimate of drug-likeness (QED) is 0.917. The first-order chi connectivity index (χ1) is 7.04. The Labute approximate surface area is 97.2 Å². The third-order valence-corrected chi connectivity index (χ3v) is 2.94. The van der Waals surface area contributed by atoms with Crippen molar-refractivity contribution in [3.8, 4) is 5.75 Å². The zero-order chi connectivity index (χ0) is 11.4. The highest BCUT2D eigenvalue weighted by Crippen LogP contribution is 2.22. The topological polar surface area (TPSA) is 46.5 Å². The lowest BCUT2D eigenvalue weighted by Gasteiger charge is -2.13. The molecule has 0 saturated heterocycles. The number of rotatable bonds is 4. The zero-order valence-corrected chi connectivity index (χ0v) is 10.2. The molecule has 0 aromatic heterocycles. The molecule has 0 radical (unpaired) electrons. The van der Waals surface area contributed by atoms with E-state index in [9.17, 15) is 4.79 Å². The number of carbonyl (C=O) groups is 1. The number of ether oxygens (including phenoxy) is 1. The molecule has 0 heterocycles. The number of carboxylic acid groups (broad SMARTS) is 1. The van der Waals surface area contributed by atoms with Gasteiger partial charge in [0.15, 0.2) is 6.10 Å². The Morgan fingerprint density at radius 1 is 1.60 bits per heavy atom. The molecule has 0 saturated carbocycles. The highest BCUT2D eigenvalue weighted by atomic mass is 79.9. The summed E-state index contributed by atoms with van der Waals surface area (Å²) in [5.74, 6) is -0.344. The largest absolute Gasteiger partial charge is 0.479 e. The van der Waals surface area contributed by atoms with Gasteiger partial charge in [0.2, 0.25) is 0 Å². The van der Waals surface area contributed by atoms with Gasteiger partial charge < -0.3 is 9.84 Å². The van der Waals surface area contributed by atoms with E-state index >= 15 is 0 Å². The molecular weight excluding hydrogens is 260 g/mol. The van der Waals surface area contributed by atoms with Crippen LogP contribution in [0.4, 0.5) is 0 Å². The average molecular weight is 273 g/mol. The van der Waals surface area contributed by atoms with Crippen molar-refractivity contribution >= 4 is 21.9 Å². The van der Waals surface area contributed by atoms with Gasteiger partial charge in [-0.15, -0.1) is 0 Å². The van der Waals surface area contributed by atoms with Crippen molar-refractivity contribution in [3.63, 3.8) is 0 Å². The maximum Gasteiger partial charge on any atom is 0.344 e. The van der Waals surface area contributed by atoms with Crippen molar-refractivity contribution in [2.75, 3.05) is 0 Å². The fourth-order valence-electron chi connectivity index (χ4n) is 1.16. The summed E-state index contributed by atoms with van der Waals surface area (Å²) in [6.07, 6.45) is -0.324. The van der Waals surface area contributed by atoms with E-state index in [1.807, 2.05) is 19.1 Å². The van der Waals surface area contributed by atoms with Crippen LogP contribution in [0.15, 0.2) is 22.7 Å². The van der Waals surface area contributed by atoms with Gasteiger partial charge in [0, 0.05) is 4.47 Å². The lowest BCUT2D eigenvalue weighted by molar-refractivity contribution is -0.145. The van der Waals surface area contributed by atoms with Crippen molar-refractivity contribution in [2.45, 2.75) is 26.4 Å². The van der Waals surface area contributed by atoms with Gasteiger partial charge in [0.25, 0.3) is 0 Å².